The number of halogens is 3. The van der Waals surface area contributed by atoms with Gasteiger partial charge in [-0.15, -0.1) is 0 Å². The van der Waals surface area contributed by atoms with Gasteiger partial charge in [0, 0.05) is 12.4 Å². The van der Waals surface area contributed by atoms with Crippen LogP contribution >= 0.6 is 34.8 Å². The number of anilines is 1. The zero-order valence-electron chi connectivity index (χ0n) is 11.8. The summed E-state index contributed by atoms with van der Waals surface area (Å²) >= 11 is 17.7. The minimum atomic E-state index is -0.760. The number of ether oxygens (including phenoxy) is 1. The van der Waals surface area contributed by atoms with Crippen LogP contribution in [0.2, 0.25) is 15.2 Å². The van der Waals surface area contributed by atoms with E-state index in [-0.39, 0.29) is 21.6 Å². The molecular formula is C14H10Cl3N3O3. The molecule has 2 aromatic heterocycles. The topological polar surface area (TPSA) is 81.2 Å². The largest absolute Gasteiger partial charge is 0.452 e. The molecule has 0 aliphatic heterocycles. The third kappa shape index (κ3) is 4.31. The predicted octanol–water partition coefficient (Wildman–Crippen LogP) is 3.54. The summed E-state index contributed by atoms with van der Waals surface area (Å²) in [6.45, 7) is 1.16. The maximum Gasteiger partial charge on any atom is 0.341 e. The summed E-state index contributed by atoms with van der Waals surface area (Å²) in [6, 6.07) is 2.97. The van der Waals surface area contributed by atoms with Gasteiger partial charge in [-0.3, -0.25) is 4.79 Å². The Bertz CT molecular complexity index is 768. The summed E-state index contributed by atoms with van der Waals surface area (Å²) in [5.41, 5.74) is 0.651. The van der Waals surface area contributed by atoms with Crippen molar-refractivity contribution >= 4 is 52.5 Å². The summed E-state index contributed by atoms with van der Waals surface area (Å²) in [5.74, 6) is -1.23. The Balaban J connectivity index is 1.97. The molecule has 0 aromatic carbocycles. The lowest BCUT2D eigenvalue weighted by molar-refractivity contribution is -0.119. The molecule has 1 amide bonds. The number of pyridine rings is 2. The van der Waals surface area contributed by atoms with Crippen molar-refractivity contribution in [2.75, 3.05) is 11.9 Å². The Kier molecular flexibility index (Phi) is 5.76. The number of carbonyl (C=O) groups excluding carboxylic acids is 2. The van der Waals surface area contributed by atoms with E-state index in [4.69, 9.17) is 39.5 Å². The standard InChI is InChI=1S/C14H10Cl3N3O3/c1-7-9(15)5-19-13(11(7)16)20-10(21)6-23-14(22)8-3-2-4-18-12(8)17/h2-5H,6H2,1H3,(H,19,20,21). The van der Waals surface area contributed by atoms with Crippen molar-refractivity contribution in [1.82, 2.24) is 9.97 Å². The molecule has 9 heteroatoms. The van der Waals surface area contributed by atoms with Crippen LogP contribution in [-0.4, -0.2) is 28.5 Å². The SMILES string of the molecule is Cc1c(Cl)cnc(NC(=O)COC(=O)c2cccnc2Cl)c1Cl. The van der Waals surface area contributed by atoms with E-state index in [2.05, 4.69) is 15.3 Å². The molecule has 0 fully saturated rings. The van der Waals surface area contributed by atoms with Crippen molar-refractivity contribution in [3.05, 3.63) is 50.9 Å². The molecule has 0 aliphatic rings. The van der Waals surface area contributed by atoms with E-state index in [0.29, 0.717) is 10.6 Å². The molecule has 2 heterocycles. The molecule has 0 bridgehead atoms. The number of nitrogens with one attached hydrogen (secondary N) is 1. The van der Waals surface area contributed by atoms with Crippen LogP contribution in [0, 0.1) is 6.92 Å². The molecule has 2 aromatic rings. The van der Waals surface area contributed by atoms with Crippen LogP contribution in [0.15, 0.2) is 24.5 Å². The highest BCUT2D eigenvalue weighted by Gasteiger charge is 2.16. The quantitative estimate of drug-likeness (QED) is 0.654. The van der Waals surface area contributed by atoms with Crippen molar-refractivity contribution < 1.29 is 14.3 Å². The van der Waals surface area contributed by atoms with Crippen LogP contribution < -0.4 is 5.32 Å². The third-order valence-corrected chi connectivity index (χ3v) is 3.92. The number of hydrogen-bond acceptors (Lipinski definition) is 5. The summed E-state index contributed by atoms with van der Waals surface area (Å²) in [5, 5.41) is 3.02. The third-order valence-electron chi connectivity index (χ3n) is 2.77. The second kappa shape index (κ2) is 7.59. The fraction of sp³-hybridized carbons (Fsp3) is 0.143. The van der Waals surface area contributed by atoms with Gasteiger partial charge in [0.05, 0.1) is 15.6 Å². The van der Waals surface area contributed by atoms with Crippen molar-refractivity contribution in [3.63, 3.8) is 0 Å². The van der Waals surface area contributed by atoms with Gasteiger partial charge in [-0.2, -0.15) is 0 Å². The van der Waals surface area contributed by atoms with Gasteiger partial charge in [-0.05, 0) is 24.6 Å². The Labute approximate surface area is 146 Å². The van der Waals surface area contributed by atoms with Crippen molar-refractivity contribution in [2.45, 2.75) is 6.92 Å². The molecule has 23 heavy (non-hydrogen) atoms. The van der Waals surface area contributed by atoms with Crippen LogP contribution in [-0.2, 0) is 9.53 Å². The first kappa shape index (κ1) is 17.5. The zero-order valence-corrected chi connectivity index (χ0v) is 14.0. The highest BCUT2D eigenvalue weighted by atomic mass is 35.5. The lowest BCUT2D eigenvalue weighted by Crippen LogP contribution is -2.22. The van der Waals surface area contributed by atoms with Gasteiger partial charge in [0.25, 0.3) is 5.91 Å². The molecule has 2 rings (SSSR count). The normalized spacial score (nSPS) is 10.3. The number of rotatable bonds is 4. The number of hydrogen-bond donors (Lipinski definition) is 1. The van der Waals surface area contributed by atoms with E-state index in [0.717, 1.165) is 0 Å². The number of esters is 1. The van der Waals surface area contributed by atoms with Crippen molar-refractivity contribution in [3.8, 4) is 0 Å². The first-order valence-corrected chi connectivity index (χ1v) is 7.41. The molecule has 0 saturated heterocycles. The van der Waals surface area contributed by atoms with Crippen LogP contribution in [0.4, 0.5) is 5.82 Å². The Morgan fingerprint density at radius 2 is 2.00 bits per heavy atom. The van der Waals surface area contributed by atoms with E-state index < -0.39 is 18.5 Å². The average molecular weight is 375 g/mol. The molecule has 0 aliphatic carbocycles. The molecule has 6 nitrogen and oxygen atoms in total. The van der Waals surface area contributed by atoms with Gasteiger partial charge in [0.1, 0.15) is 5.15 Å². The highest BCUT2D eigenvalue weighted by molar-refractivity contribution is 6.37. The van der Waals surface area contributed by atoms with E-state index in [1.807, 2.05) is 0 Å². The summed E-state index contributed by atoms with van der Waals surface area (Å²) in [4.78, 5) is 31.3. The van der Waals surface area contributed by atoms with Gasteiger partial charge < -0.3 is 10.1 Å². The van der Waals surface area contributed by atoms with Crippen LogP contribution in [0.5, 0.6) is 0 Å². The molecule has 120 valence electrons. The van der Waals surface area contributed by atoms with Crippen molar-refractivity contribution in [2.24, 2.45) is 0 Å². The van der Waals surface area contributed by atoms with Crippen molar-refractivity contribution in [1.29, 1.82) is 0 Å². The van der Waals surface area contributed by atoms with E-state index in [9.17, 15) is 9.59 Å². The minimum Gasteiger partial charge on any atom is -0.452 e. The maximum absolute atomic E-state index is 11.8. The van der Waals surface area contributed by atoms with E-state index >= 15 is 0 Å². The average Bonchev–Trinajstić information content (AvgIpc) is 2.53. The maximum atomic E-state index is 11.8. The second-order valence-corrected chi connectivity index (χ2v) is 5.50. The summed E-state index contributed by atoms with van der Waals surface area (Å²) < 4.78 is 4.86. The van der Waals surface area contributed by atoms with Crippen LogP contribution in [0.25, 0.3) is 0 Å². The monoisotopic (exact) mass is 373 g/mol. The minimum absolute atomic E-state index is 0.00375. The first-order valence-electron chi connectivity index (χ1n) is 6.28. The fourth-order valence-electron chi connectivity index (χ4n) is 1.56. The first-order chi connectivity index (χ1) is 10.9. The lowest BCUT2D eigenvalue weighted by Gasteiger charge is -2.09. The lowest BCUT2D eigenvalue weighted by atomic mass is 10.3. The fourth-order valence-corrected chi connectivity index (χ4v) is 2.15. The Hall–Kier alpha value is -1.89. The number of carbonyl (C=O) groups is 2. The predicted molar refractivity (Wildman–Crippen MR) is 87.2 cm³/mol. The highest BCUT2D eigenvalue weighted by Crippen LogP contribution is 2.28. The number of aromatic nitrogens is 2. The van der Waals surface area contributed by atoms with Gasteiger partial charge in [0.2, 0.25) is 0 Å². The van der Waals surface area contributed by atoms with Gasteiger partial charge >= 0.3 is 5.97 Å². The Morgan fingerprint density at radius 1 is 1.26 bits per heavy atom. The van der Waals surface area contributed by atoms with Gasteiger partial charge in [-0.25, -0.2) is 14.8 Å². The molecule has 0 atom stereocenters. The van der Waals surface area contributed by atoms with Crippen LogP contribution in [0.3, 0.4) is 0 Å². The van der Waals surface area contributed by atoms with Gasteiger partial charge in [0.15, 0.2) is 12.4 Å². The number of amides is 1. The molecular weight excluding hydrogens is 365 g/mol. The summed E-state index contributed by atoms with van der Waals surface area (Å²) in [6.07, 6.45) is 2.79. The zero-order chi connectivity index (χ0) is 17.0. The summed E-state index contributed by atoms with van der Waals surface area (Å²) in [7, 11) is 0. The van der Waals surface area contributed by atoms with E-state index in [1.165, 1.54) is 24.5 Å². The molecule has 0 spiro atoms. The van der Waals surface area contributed by atoms with E-state index in [1.54, 1.807) is 6.92 Å². The molecule has 1 N–H and O–H groups in total. The molecule has 0 unspecified atom stereocenters. The smallest absolute Gasteiger partial charge is 0.341 e. The van der Waals surface area contributed by atoms with Gasteiger partial charge in [-0.1, -0.05) is 34.8 Å². The molecule has 0 saturated carbocycles. The van der Waals surface area contributed by atoms with Crippen LogP contribution in [0.1, 0.15) is 15.9 Å². The number of nitrogens with zero attached hydrogens (tertiary/aromatic N) is 2. The second-order valence-electron chi connectivity index (χ2n) is 4.36. The Morgan fingerprint density at radius 3 is 2.70 bits per heavy atom. The molecule has 0 radical (unpaired) electrons.